The van der Waals surface area contributed by atoms with Crippen LogP contribution in [0.3, 0.4) is 0 Å². The van der Waals surface area contributed by atoms with Gasteiger partial charge in [0.05, 0.1) is 12.8 Å². The van der Waals surface area contributed by atoms with Crippen LogP contribution in [0.15, 0.2) is 53.6 Å². The number of methoxy groups -OCH3 is 1. The predicted octanol–water partition coefficient (Wildman–Crippen LogP) is 2.92. The third-order valence-corrected chi connectivity index (χ3v) is 3.31. The number of ether oxygens (including phenoxy) is 2. The van der Waals surface area contributed by atoms with Gasteiger partial charge in [-0.15, -0.1) is 0 Å². The van der Waals surface area contributed by atoms with Gasteiger partial charge in [-0.3, -0.25) is 4.79 Å². The lowest BCUT2D eigenvalue weighted by atomic mass is 10.1. The number of carbonyl (C=O) groups excluding carboxylic acids is 1. The van der Waals surface area contributed by atoms with Crippen LogP contribution in [0.2, 0.25) is 0 Å². The quantitative estimate of drug-likeness (QED) is 0.659. The van der Waals surface area contributed by atoms with Gasteiger partial charge in [-0.1, -0.05) is 36.4 Å². The van der Waals surface area contributed by atoms with E-state index in [2.05, 4.69) is 10.5 Å². The van der Waals surface area contributed by atoms with E-state index >= 15 is 0 Å². The zero-order valence-corrected chi connectivity index (χ0v) is 13.5. The highest BCUT2D eigenvalue weighted by Crippen LogP contribution is 2.25. The van der Waals surface area contributed by atoms with Crippen LogP contribution in [0.4, 0.5) is 0 Å². The number of para-hydroxylation sites is 2. The van der Waals surface area contributed by atoms with Crippen molar-refractivity contribution in [1.82, 2.24) is 5.43 Å². The average Bonchev–Trinajstić information content (AvgIpc) is 2.58. The van der Waals surface area contributed by atoms with Gasteiger partial charge < -0.3 is 9.47 Å². The molecule has 0 saturated carbocycles. The summed E-state index contributed by atoms with van der Waals surface area (Å²) in [6, 6.07) is 15.0. The normalized spacial score (nSPS) is 11.0. The molecule has 5 heteroatoms. The second kappa shape index (κ2) is 7.98. The van der Waals surface area contributed by atoms with Crippen molar-refractivity contribution >= 4 is 11.6 Å². The van der Waals surface area contributed by atoms with Crippen molar-refractivity contribution in [2.75, 3.05) is 13.7 Å². The lowest BCUT2D eigenvalue weighted by molar-refractivity contribution is -0.123. The first-order chi connectivity index (χ1) is 11.1. The third kappa shape index (κ3) is 4.57. The summed E-state index contributed by atoms with van der Waals surface area (Å²) in [5.74, 6) is 0.772. The number of hydrogen-bond donors (Lipinski definition) is 1. The molecule has 5 nitrogen and oxygen atoms in total. The molecule has 0 aliphatic rings. The first-order valence-electron chi connectivity index (χ1n) is 7.26. The number of benzene rings is 2. The van der Waals surface area contributed by atoms with Gasteiger partial charge in [-0.25, -0.2) is 5.43 Å². The Hall–Kier alpha value is -2.82. The molecular formula is C18H20N2O3. The molecule has 0 atom stereocenters. The van der Waals surface area contributed by atoms with Crippen molar-refractivity contribution in [3.63, 3.8) is 0 Å². The first kappa shape index (κ1) is 16.5. The Morgan fingerprint density at radius 2 is 1.74 bits per heavy atom. The monoisotopic (exact) mass is 312 g/mol. The van der Waals surface area contributed by atoms with Gasteiger partial charge in [0, 0.05) is 5.56 Å². The Kier molecular flexibility index (Phi) is 5.74. The van der Waals surface area contributed by atoms with Gasteiger partial charge >= 0.3 is 0 Å². The Balaban J connectivity index is 1.92. The summed E-state index contributed by atoms with van der Waals surface area (Å²) in [7, 11) is 1.55. The molecule has 0 bridgehead atoms. The van der Waals surface area contributed by atoms with Crippen LogP contribution < -0.4 is 14.9 Å². The van der Waals surface area contributed by atoms with Crippen LogP contribution in [0.25, 0.3) is 0 Å². The fourth-order valence-corrected chi connectivity index (χ4v) is 2.10. The highest BCUT2D eigenvalue weighted by molar-refractivity contribution is 6.00. The lowest BCUT2D eigenvalue weighted by Gasteiger charge is -2.09. The van der Waals surface area contributed by atoms with E-state index in [9.17, 15) is 4.79 Å². The molecule has 1 N–H and O–H groups in total. The summed E-state index contributed by atoms with van der Waals surface area (Å²) in [5, 5.41) is 4.12. The summed E-state index contributed by atoms with van der Waals surface area (Å²) in [6.45, 7) is 3.72. The topological polar surface area (TPSA) is 59.9 Å². The minimum absolute atomic E-state index is 0.134. The van der Waals surface area contributed by atoms with Crippen LogP contribution in [0.5, 0.6) is 11.5 Å². The Morgan fingerprint density at radius 1 is 1.09 bits per heavy atom. The molecule has 0 aromatic heterocycles. The van der Waals surface area contributed by atoms with Crippen LogP contribution in [-0.2, 0) is 4.79 Å². The molecule has 2 aromatic rings. The van der Waals surface area contributed by atoms with E-state index in [-0.39, 0.29) is 12.5 Å². The molecule has 1 amide bonds. The zero-order valence-electron chi connectivity index (χ0n) is 13.5. The van der Waals surface area contributed by atoms with Crippen molar-refractivity contribution < 1.29 is 14.3 Å². The van der Waals surface area contributed by atoms with E-state index in [1.807, 2.05) is 50.2 Å². The summed E-state index contributed by atoms with van der Waals surface area (Å²) in [6.07, 6.45) is 0. The van der Waals surface area contributed by atoms with Crippen molar-refractivity contribution in [3.8, 4) is 11.5 Å². The highest BCUT2D eigenvalue weighted by Gasteiger charge is 2.07. The number of rotatable bonds is 6. The van der Waals surface area contributed by atoms with Gasteiger partial charge in [-0.05, 0) is 31.5 Å². The molecule has 0 unspecified atom stereocenters. The number of nitrogens with one attached hydrogen (secondary N) is 1. The third-order valence-electron chi connectivity index (χ3n) is 3.31. The van der Waals surface area contributed by atoms with Crippen molar-refractivity contribution in [1.29, 1.82) is 0 Å². The van der Waals surface area contributed by atoms with E-state index in [1.165, 1.54) is 0 Å². The van der Waals surface area contributed by atoms with Crippen LogP contribution >= 0.6 is 0 Å². The molecular weight excluding hydrogens is 292 g/mol. The van der Waals surface area contributed by atoms with Crippen LogP contribution in [-0.4, -0.2) is 25.3 Å². The Bertz CT molecular complexity index is 711. The minimum atomic E-state index is -0.330. The largest absolute Gasteiger partial charge is 0.493 e. The maximum absolute atomic E-state index is 11.9. The van der Waals surface area contributed by atoms with Gasteiger partial charge in [0.2, 0.25) is 0 Å². The molecule has 23 heavy (non-hydrogen) atoms. The predicted molar refractivity (Wildman–Crippen MR) is 90.0 cm³/mol. The molecule has 0 aliphatic heterocycles. The van der Waals surface area contributed by atoms with Crippen molar-refractivity contribution in [3.05, 3.63) is 59.7 Å². The van der Waals surface area contributed by atoms with Crippen LogP contribution in [0, 0.1) is 6.92 Å². The number of amides is 1. The van der Waals surface area contributed by atoms with Gasteiger partial charge in [0.15, 0.2) is 18.1 Å². The van der Waals surface area contributed by atoms with E-state index in [4.69, 9.17) is 9.47 Å². The number of aryl methyl sites for hydroxylation is 1. The lowest BCUT2D eigenvalue weighted by Crippen LogP contribution is -2.25. The molecule has 2 rings (SSSR count). The standard InChI is InChI=1S/C18H20N2O3/c1-13-8-4-5-9-15(13)14(2)19-20-18(21)12-23-17-11-7-6-10-16(17)22-3/h4-11H,12H2,1-3H3,(H,20,21)/b19-14-. The molecule has 0 spiro atoms. The minimum Gasteiger partial charge on any atom is -0.493 e. The number of hydrazone groups is 1. The van der Waals surface area contributed by atoms with Gasteiger partial charge in [0.25, 0.3) is 5.91 Å². The van der Waals surface area contributed by atoms with E-state index in [1.54, 1.807) is 19.2 Å². The van der Waals surface area contributed by atoms with Crippen molar-refractivity contribution in [2.24, 2.45) is 5.10 Å². The maximum Gasteiger partial charge on any atom is 0.277 e. The Morgan fingerprint density at radius 3 is 2.43 bits per heavy atom. The van der Waals surface area contributed by atoms with E-state index in [0.717, 1.165) is 16.8 Å². The van der Waals surface area contributed by atoms with Crippen LogP contribution in [0.1, 0.15) is 18.1 Å². The smallest absolute Gasteiger partial charge is 0.277 e. The maximum atomic E-state index is 11.9. The Labute approximate surface area is 135 Å². The van der Waals surface area contributed by atoms with Gasteiger partial charge in [0.1, 0.15) is 0 Å². The molecule has 0 fully saturated rings. The number of nitrogens with zero attached hydrogens (tertiary/aromatic N) is 1. The molecule has 0 saturated heterocycles. The highest BCUT2D eigenvalue weighted by atomic mass is 16.5. The second-order valence-corrected chi connectivity index (χ2v) is 4.99. The van der Waals surface area contributed by atoms with E-state index < -0.39 is 0 Å². The summed E-state index contributed by atoms with van der Waals surface area (Å²) >= 11 is 0. The second-order valence-electron chi connectivity index (χ2n) is 4.99. The number of carbonyl (C=O) groups is 1. The fraction of sp³-hybridized carbons (Fsp3) is 0.222. The molecule has 120 valence electrons. The first-order valence-corrected chi connectivity index (χ1v) is 7.26. The zero-order chi connectivity index (χ0) is 16.7. The van der Waals surface area contributed by atoms with E-state index in [0.29, 0.717) is 11.5 Å². The number of hydrogen-bond acceptors (Lipinski definition) is 4. The molecule has 0 aliphatic carbocycles. The molecule has 0 radical (unpaired) electrons. The molecule has 0 heterocycles. The fourth-order valence-electron chi connectivity index (χ4n) is 2.10. The SMILES string of the molecule is COc1ccccc1OCC(=O)N/N=C(/C)c1ccccc1C. The summed E-state index contributed by atoms with van der Waals surface area (Å²) in [4.78, 5) is 11.9. The van der Waals surface area contributed by atoms with Gasteiger partial charge in [-0.2, -0.15) is 5.10 Å². The summed E-state index contributed by atoms with van der Waals surface area (Å²) < 4.78 is 10.6. The summed E-state index contributed by atoms with van der Waals surface area (Å²) in [5.41, 5.74) is 5.35. The van der Waals surface area contributed by atoms with Crippen molar-refractivity contribution in [2.45, 2.75) is 13.8 Å². The molecule has 2 aromatic carbocycles. The average molecular weight is 312 g/mol.